The molecule has 2 unspecified atom stereocenters. The molecule has 1 amide bonds. The molecule has 1 saturated heterocycles. The Labute approximate surface area is 153 Å². The van der Waals surface area contributed by atoms with Gasteiger partial charge in [0, 0.05) is 19.2 Å². The summed E-state index contributed by atoms with van der Waals surface area (Å²) in [5.74, 6) is 0.364. The zero-order chi connectivity index (χ0) is 19.1. The predicted molar refractivity (Wildman–Crippen MR) is 96.1 cm³/mol. The Balaban J connectivity index is 1.86. The average molecular weight is 363 g/mol. The van der Waals surface area contributed by atoms with Gasteiger partial charge in [-0.2, -0.15) is 0 Å². The summed E-state index contributed by atoms with van der Waals surface area (Å²) in [4.78, 5) is 25.7. The standard InChI is InChI=1S/C19H25NO6/c1-13-10-20(11-14(2)26-13)18(21)12-25-19(22)8-6-15-5-7-16(23-3)17(9-15)24-4/h5-9,13-14H,10-12H2,1-4H3. The Hall–Kier alpha value is -2.54. The van der Waals surface area contributed by atoms with Gasteiger partial charge in [-0.05, 0) is 37.6 Å². The molecular formula is C19H25NO6. The second-order valence-corrected chi connectivity index (χ2v) is 6.11. The van der Waals surface area contributed by atoms with Crippen LogP contribution in [-0.2, 0) is 19.1 Å². The maximum absolute atomic E-state index is 12.2. The number of carbonyl (C=O) groups excluding carboxylic acids is 2. The van der Waals surface area contributed by atoms with E-state index in [-0.39, 0.29) is 24.7 Å². The SMILES string of the molecule is COc1ccc(C=CC(=O)OCC(=O)N2CC(C)OC(C)C2)cc1OC. The topological polar surface area (TPSA) is 74.3 Å². The molecule has 26 heavy (non-hydrogen) atoms. The van der Waals surface area contributed by atoms with Crippen molar-refractivity contribution in [2.75, 3.05) is 33.9 Å². The van der Waals surface area contributed by atoms with Crippen molar-refractivity contribution in [2.45, 2.75) is 26.1 Å². The van der Waals surface area contributed by atoms with Crippen molar-refractivity contribution in [1.82, 2.24) is 4.90 Å². The van der Waals surface area contributed by atoms with E-state index in [9.17, 15) is 9.59 Å². The molecule has 7 nitrogen and oxygen atoms in total. The molecule has 0 N–H and O–H groups in total. The van der Waals surface area contributed by atoms with Crippen molar-refractivity contribution < 1.29 is 28.5 Å². The van der Waals surface area contributed by atoms with Gasteiger partial charge in [-0.15, -0.1) is 0 Å². The Morgan fingerprint density at radius 1 is 1.15 bits per heavy atom. The molecule has 2 rings (SSSR count). The smallest absolute Gasteiger partial charge is 0.331 e. The third-order valence-corrected chi connectivity index (χ3v) is 3.93. The van der Waals surface area contributed by atoms with Crippen molar-refractivity contribution in [1.29, 1.82) is 0 Å². The first kappa shape index (κ1) is 19.8. The van der Waals surface area contributed by atoms with Crippen molar-refractivity contribution in [3.63, 3.8) is 0 Å². The molecule has 0 bridgehead atoms. The average Bonchev–Trinajstić information content (AvgIpc) is 2.63. The van der Waals surface area contributed by atoms with Crippen LogP contribution in [0.3, 0.4) is 0 Å². The molecule has 0 radical (unpaired) electrons. The molecule has 7 heteroatoms. The van der Waals surface area contributed by atoms with Gasteiger partial charge in [-0.1, -0.05) is 6.07 Å². The second kappa shape index (κ2) is 9.24. The number of nitrogens with zero attached hydrogens (tertiary/aromatic N) is 1. The van der Waals surface area contributed by atoms with Gasteiger partial charge in [0.1, 0.15) is 0 Å². The van der Waals surface area contributed by atoms with Crippen LogP contribution in [0.4, 0.5) is 0 Å². The third kappa shape index (κ3) is 5.49. The monoisotopic (exact) mass is 363 g/mol. The lowest BCUT2D eigenvalue weighted by atomic mass is 10.2. The number of amides is 1. The summed E-state index contributed by atoms with van der Waals surface area (Å²) in [6.07, 6.45) is 2.82. The van der Waals surface area contributed by atoms with Crippen molar-refractivity contribution in [3.8, 4) is 11.5 Å². The van der Waals surface area contributed by atoms with E-state index < -0.39 is 5.97 Å². The molecule has 0 aromatic heterocycles. The van der Waals surface area contributed by atoms with Crippen molar-refractivity contribution >= 4 is 18.0 Å². The van der Waals surface area contributed by atoms with Crippen LogP contribution in [0.2, 0.25) is 0 Å². The van der Waals surface area contributed by atoms with E-state index in [1.807, 2.05) is 13.8 Å². The van der Waals surface area contributed by atoms with Crippen LogP contribution in [0, 0.1) is 0 Å². The molecule has 1 heterocycles. The minimum atomic E-state index is -0.581. The number of morpholine rings is 1. The number of hydrogen-bond acceptors (Lipinski definition) is 6. The summed E-state index contributed by atoms with van der Waals surface area (Å²) in [6, 6.07) is 5.27. The molecule has 0 saturated carbocycles. The van der Waals surface area contributed by atoms with Gasteiger partial charge in [0.2, 0.25) is 0 Å². The number of methoxy groups -OCH3 is 2. The lowest BCUT2D eigenvalue weighted by molar-refractivity contribution is -0.154. The Morgan fingerprint density at radius 3 is 2.42 bits per heavy atom. The van der Waals surface area contributed by atoms with Crippen LogP contribution >= 0.6 is 0 Å². The Morgan fingerprint density at radius 2 is 1.81 bits per heavy atom. The first-order chi connectivity index (χ1) is 12.4. The summed E-state index contributed by atoms with van der Waals surface area (Å²) in [5.41, 5.74) is 0.752. The van der Waals surface area contributed by atoms with E-state index in [0.717, 1.165) is 5.56 Å². The zero-order valence-corrected chi connectivity index (χ0v) is 15.6. The van der Waals surface area contributed by atoms with Crippen LogP contribution in [0.25, 0.3) is 6.08 Å². The van der Waals surface area contributed by atoms with E-state index in [4.69, 9.17) is 18.9 Å². The van der Waals surface area contributed by atoms with Crippen molar-refractivity contribution in [3.05, 3.63) is 29.8 Å². The molecule has 1 fully saturated rings. The molecule has 142 valence electrons. The molecule has 1 aliphatic heterocycles. The highest BCUT2D eigenvalue weighted by atomic mass is 16.5. The number of hydrogen-bond donors (Lipinski definition) is 0. The van der Waals surface area contributed by atoms with E-state index in [0.29, 0.717) is 24.6 Å². The minimum Gasteiger partial charge on any atom is -0.493 e. The van der Waals surface area contributed by atoms with Crippen LogP contribution in [0.5, 0.6) is 11.5 Å². The fourth-order valence-electron chi connectivity index (χ4n) is 2.77. The number of ether oxygens (including phenoxy) is 4. The number of esters is 1. The normalized spacial score (nSPS) is 20.1. The number of rotatable bonds is 6. The zero-order valence-electron chi connectivity index (χ0n) is 15.6. The lowest BCUT2D eigenvalue weighted by Gasteiger charge is -2.35. The Kier molecular flexibility index (Phi) is 7.03. The molecule has 2 atom stereocenters. The highest BCUT2D eigenvalue weighted by Crippen LogP contribution is 2.27. The molecule has 0 aliphatic carbocycles. The van der Waals surface area contributed by atoms with Crippen molar-refractivity contribution in [2.24, 2.45) is 0 Å². The summed E-state index contributed by atoms with van der Waals surface area (Å²) in [5, 5.41) is 0. The molecule has 1 aliphatic rings. The summed E-state index contributed by atoms with van der Waals surface area (Å²) in [6.45, 7) is 4.54. The van der Waals surface area contributed by atoms with Gasteiger partial charge in [-0.3, -0.25) is 4.79 Å². The highest BCUT2D eigenvalue weighted by molar-refractivity contribution is 5.89. The number of benzene rings is 1. The van der Waals surface area contributed by atoms with Crippen LogP contribution in [-0.4, -0.2) is 62.9 Å². The maximum Gasteiger partial charge on any atom is 0.331 e. The summed E-state index contributed by atoms with van der Waals surface area (Å²) >= 11 is 0. The second-order valence-electron chi connectivity index (χ2n) is 6.11. The first-order valence-corrected chi connectivity index (χ1v) is 8.43. The minimum absolute atomic E-state index is 0.0247. The van der Waals surface area contributed by atoms with Gasteiger partial charge >= 0.3 is 5.97 Å². The van der Waals surface area contributed by atoms with Crippen LogP contribution in [0.1, 0.15) is 19.4 Å². The van der Waals surface area contributed by atoms with E-state index in [2.05, 4.69) is 0 Å². The van der Waals surface area contributed by atoms with Crippen LogP contribution in [0.15, 0.2) is 24.3 Å². The van der Waals surface area contributed by atoms with Gasteiger partial charge in [0.25, 0.3) is 5.91 Å². The van der Waals surface area contributed by atoms with Gasteiger partial charge in [-0.25, -0.2) is 4.79 Å². The Bertz CT molecular complexity index is 662. The highest BCUT2D eigenvalue weighted by Gasteiger charge is 2.26. The predicted octanol–water partition coefficient (Wildman–Crippen LogP) is 1.90. The first-order valence-electron chi connectivity index (χ1n) is 8.43. The largest absolute Gasteiger partial charge is 0.493 e. The van der Waals surface area contributed by atoms with E-state index in [1.54, 1.807) is 43.4 Å². The van der Waals surface area contributed by atoms with Gasteiger partial charge < -0.3 is 23.8 Å². The summed E-state index contributed by atoms with van der Waals surface area (Å²) in [7, 11) is 3.09. The summed E-state index contributed by atoms with van der Waals surface area (Å²) < 4.78 is 21.0. The number of carbonyl (C=O) groups is 2. The van der Waals surface area contributed by atoms with Crippen LogP contribution < -0.4 is 9.47 Å². The van der Waals surface area contributed by atoms with Gasteiger partial charge in [0.15, 0.2) is 18.1 Å². The lowest BCUT2D eigenvalue weighted by Crippen LogP contribution is -2.49. The third-order valence-electron chi connectivity index (χ3n) is 3.93. The quantitative estimate of drug-likeness (QED) is 0.568. The molecule has 1 aromatic rings. The molecular weight excluding hydrogens is 338 g/mol. The fraction of sp³-hybridized carbons (Fsp3) is 0.474. The van der Waals surface area contributed by atoms with E-state index in [1.165, 1.54) is 6.08 Å². The fourth-order valence-corrected chi connectivity index (χ4v) is 2.77. The van der Waals surface area contributed by atoms with E-state index >= 15 is 0 Å². The van der Waals surface area contributed by atoms with Gasteiger partial charge in [0.05, 0.1) is 26.4 Å². The maximum atomic E-state index is 12.2. The molecule has 1 aromatic carbocycles. The molecule has 0 spiro atoms.